The Bertz CT molecular complexity index is 638. The van der Waals surface area contributed by atoms with Crippen LogP contribution in [0.4, 0.5) is 13.2 Å². The third-order valence-electron chi connectivity index (χ3n) is 3.40. The Balaban J connectivity index is 2.47. The van der Waals surface area contributed by atoms with E-state index < -0.39 is 17.8 Å². The molecule has 2 aromatic rings. The molecular formula is C15H16F3N3. The Hall–Kier alpha value is -1.92. The van der Waals surface area contributed by atoms with Gasteiger partial charge in [0.25, 0.3) is 0 Å². The average molecular weight is 295 g/mol. The van der Waals surface area contributed by atoms with Gasteiger partial charge in [0.1, 0.15) is 0 Å². The van der Waals surface area contributed by atoms with Crippen molar-refractivity contribution in [1.82, 2.24) is 10.4 Å². The van der Waals surface area contributed by atoms with Gasteiger partial charge in [-0.25, -0.2) is 5.43 Å². The van der Waals surface area contributed by atoms with Crippen molar-refractivity contribution < 1.29 is 13.2 Å². The molecule has 1 unspecified atom stereocenters. The number of halogens is 3. The number of benzene rings is 1. The van der Waals surface area contributed by atoms with Crippen LogP contribution in [0.5, 0.6) is 0 Å². The molecule has 0 radical (unpaired) electrons. The molecule has 0 saturated carbocycles. The number of nitrogens with two attached hydrogens (primary N) is 1. The van der Waals surface area contributed by atoms with E-state index in [1.54, 1.807) is 19.2 Å². The number of nitrogens with one attached hydrogen (secondary N) is 1. The van der Waals surface area contributed by atoms with Crippen LogP contribution in [0.15, 0.2) is 36.5 Å². The number of hydrazine groups is 1. The van der Waals surface area contributed by atoms with Gasteiger partial charge in [-0.05, 0) is 48.7 Å². The van der Waals surface area contributed by atoms with Crippen LogP contribution in [0.1, 0.15) is 34.0 Å². The Morgan fingerprint density at radius 1 is 1.14 bits per heavy atom. The standard InChI is InChI=1S/C15H16F3N3/c1-9-4-3-7-20-13(9)14(21-19)12-6-5-11(8-10(12)2)15(16,17)18/h3-8,14,21H,19H2,1-2H3. The Morgan fingerprint density at radius 2 is 1.86 bits per heavy atom. The van der Waals surface area contributed by atoms with Gasteiger partial charge in [-0.1, -0.05) is 12.1 Å². The predicted molar refractivity (Wildman–Crippen MR) is 74.3 cm³/mol. The van der Waals surface area contributed by atoms with Gasteiger partial charge in [0.05, 0.1) is 17.3 Å². The molecule has 0 aliphatic heterocycles. The summed E-state index contributed by atoms with van der Waals surface area (Å²) in [5, 5.41) is 0. The van der Waals surface area contributed by atoms with E-state index in [0.29, 0.717) is 16.8 Å². The van der Waals surface area contributed by atoms with E-state index >= 15 is 0 Å². The number of hydrogen-bond donors (Lipinski definition) is 2. The van der Waals surface area contributed by atoms with Crippen molar-refractivity contribution in [3.05, 3.63) is 64.5 Å². The van der Waals surface area contributed by atoms with E-state index in [1.807, 2.05) is 13.0 Å². The van der Waals surface area contributed by atoms with Crippen molar-refractivity contribution in [3.63, 3.8) is 0 Å². The van der Waals surface area contributed by atoms with Gasteiger partial charge >= 0.3 is 6.18 Å². The van der Waals surface area contributed by atoms with Crippen molar-refractivity contribution >= 4 is 0 Å². The number of aromatic nitrogens is 1. The molecule has 0 aliphatic rings. The van der Waals surface area contributed by atoms with Crippen LogP contribution in [0.2, 0.25) is 0 Å². The molecule has 21 heavy (non-hydrogen) atoms. The number of rotatable bonds is 3. The summed E-state index contributed by atoms with van der Waals surface area (Å²) in [6.07, 6.45) is -2.72. The van der Waals surface area contributed by atoms with Gasteiger partial charge in [-0.15, -0.1) is 0 Å². The van der Waals surface area contributed by atoms with Crippen LogP contribution in [-0.2, 0) is 6.18 Å². The van der Waals surface area contributed by atoms with E-state index in [1.165, 1.54) is 6.07 Å². The first-order valence-electron chi connectivity index (χ1n) is 6.40. The molecule has 112 valence electrons. The minimum Gasteiger partial charge on any atom is -0.271 e. The van der Waals surface area contributed by atoms with Gasteiger partial charge in [0, 0.05) is 6.20 Å². The molecule has 2 rings (SSSR count). The molecule has 1 atom stereocenters. The van der Waals surface area contributed by atoms with Crippen LogP contribution < -0.4 is 11.3 Å². The summed E-state index contributed by atoms with van der Waals surface area (Å²) >= 11 is 0. The molecule has 3 N–H and O–H groups in total. The highest BCUT2D eigenvalue weighted by atomic mass is 19.4. The van der Waals surface area contributed by atoms with Crippen molar-refractivity contribution in [2.75, 3.05) is 0 Å². The van der Waals surface area contributed by atoms with Crippen LogP contribution in [0.25, 0.3) is 0 Å². The SMILES string of the molecule is Cc1cc(C(F)(F)F)ccc1C(NN)c1ncccc1C. The lowest BCUT2D eigenvalue weighted by molar-refractivity contribution is -0.137. The molecule has 0 amide bonds. The maximum Gasteiger partial charge on any atom is 0.416 e. The maximum absolute atomic E-state index is 12.7. The van der Waals surface area contributed by atoms with E-state index in [4.69, 9.17) is 5.84 Å². The molecule has 1 heterocycles. The molecule has 0 fully saturated rings. The molecular weight excluding hydrogens is 279 g/mol. The number of nitrogens with zero attached hydrogens (tertiary/aromatic N) is 1. The second-order valence-corrected chi connectivity index (χ2v) is 4.87. The fraction of sp³-hybridized carbons (Fsp3) is 0.267. The summed E-state index contributed by atoms with van der Waals surface area (Å²) in [6, 6.07) is 6.85. The zero-order valence-corrected chi connectivity index (χ0v) is 11.7. The second-order valence-electron chi connectivity index (χ2n) is 4.87. The Kier molecular flexibility index (Phi) is 4.29. The highest BCUT2D eigenvalue weighted by molar-refractivity contribution is 5.39. The Labute approximate surface area is 121 Å². The molecule has 1 aromatic carbocycles. The summed E-state index contributed by atoms with van der Waals surface area (Å²) in [7, 11) is 0. The van der Waals surface area contributed by atoms with Crippen molar-refractivity contribution in [3.8, 4) is 0 Å². The lowest BCUT2D eigenvalue weighted by atomic mass is 9.95. The normalized spacial score (nSPS) is 13.2. The monoisotopic (exact) mass is 295 g/mol. The first-order chi connectivity index (χ1) is 9.84. The zero-order chi connectivity index (χ0) is 15.6. The maximum atomic E-state index is 12.7. The highest BCUT2D eigenvalue weighted by Crippen LogP contribution is 2.33. The van der Waals surface area contributed by atoms with E-state index in [-0.39, 0.29) is 0 Å². The summed E-state index contributed by atoms with van der Waals surface area (Å²) in [5.41, 5.74) is 4.76. The van der Waals surface area contributed by atoms with Crippen LogP contribution in [-0.4, -0.2) is 4.98 Å². The van der Waals surface area contributed by atoms with E-state index in [2.05, 4.69) is 10.4 Å². The minimum absolute atomic E-state index is 0.450. The Morgan fingerprint density at radius 3 is 2.38 bits per heavy atom. The summed E-state index contributed by atoms with van der Waals surface area (Å²) in [6.45, 7) is 3.51. The lowest BCUT2D eigenvalue weighted by Gasteiger charge is -2.20. The molecule has 0 spiro atoms. The van der Waals surface area contributed by atoms with Crippen molar-refractivity contribution in [2.45, 2.75) is 26.1 Å². The zero-order valence-electron chi connectivity index (χ0n) is 11.7. The summed E-state index contributed by atoms with van der Waals surface area (Å²) in [4.78, 5) is 4.27. The first kappa shape index (κ1) is 15.5. The average Bonchev–Trinajstić information content (AvgIpc) is 2.42. The van der Waals surface area contributed by atoms with Crippen molar-refractivity contribution in [2.24, 2.45) is 5.84 Å². The van der Waals surface area contributed by atoms with Crippen LogP contribution in [0.3, 0.4) is 0 Å². The van der Waals surface area contributed by atoms with Gasteiger partial charge < -0.3 is 0 Å². The fourth-order valence-corrected chi connectivity index (χ4v) is 2.29. The predicted octanol–water partition coefficient (Wildman–Crippen LogP) is 3.27. The molecule has 1 aromatic heterocycles. The van der Waals surface area contributed by atoms with Gasteiger partial charge in [0.15, 0.2) is 0 Å². The lowest BCUT2D eigenvalue weighted by Crippen LogP contribution is -2.30. The highest BCUT2D eigenvalue weighted by Gasteiger charge is 2.31. The first-order valence-corrected chi connectivity index (χ1v) is 6.40. The molecule has 0 bridgehead atoms. The fourth-order valence-electron chi connectivity index (χ4n) is 2.29. The number of hydrogen-bond acceptors (Lipinski definition) is 3. The third-order valence-corrected chi connectivity index (χ3v) is 3.40. The van der Waals surface area contributed by atoms with E-state index in [9.17, 15) is 13.2 Å². The largest absolute Gasteiger partial charge is 0.416 e. The molecule has 3 nitrogen and oxygen atoms in total. The van der Waals surface area contributed by atoms with E-state index in [0.717, 1.165) is 17.7 Å². The van der Waals surface area contributed by atoms with Gasteiger partial charge in [-0.2, -0.15) is 13.2 Å². The number of aryl methyl sites for hydroxylation is 2. The molecule has 6 heteroatoms. The topological polar surface area (TPSA) is 50.9 Å². The van der Waals surface area contributed by atoms with Crippen LogP contribution in [0, 0.1) is 13.8 Å². The van der Waals surface area contributed by atoms with Gasteiger partial charge in [0.2, 0.25) is 0 Å². The van der Waals surface area contributed by atoms with Crippen molar-refractivity contribution in [1.29, 1.82) is 0 Å². The smallest absolute Gasteiger partial charge is 0.271 e. The minimum atomic E-state index is -4.35. The summed E-state index contributed by atoms with van der Waals surface area (Å²) < 4.78 is 38.2. The van der Waals surface area contributed by atoms with Gasteiger partial charge in [-0.3, -0.25) is 10.8 Å². The van der Waals surface area contributed by atoms with Crippen LogP contribution >= 0.6 is 0 Å². The third kappa shape index (κ3) is 3.22. The molecule has 0 aliphatic carbocycles. The number of alkyl halides is 3. The quantitative estimate of drug-likeness (QED) is 0.675. The number of pyridine rings is 1. The summed E-state index contributed by atoms with van der Waals surface area (Å²) in [5.74, 6) is 5.59. The molecule has 0 saturated heterocycles. The second kappa shape index (κ2) is 5.83.